The van der Waals surface area contributed by atoms with Crippen LogP contribution in [0.4, 0.5) is 0 Å². The summed E-state index contributed by atoms with van der Waals surface area (Å²) in [5, 5.41) is 0. The molecule has 0 aliphatic heterocycles. The van der Waals surface area contributed by atoms with Crippen molar-refractivity contribution in [3.05, 3.63) is 59.7 Å². The van der Waals surface area contributed by atoms with Crippen LogP contribution in [0.1, 0.15) is 41.0 Å². The van der Waals surface area contributed by atoms with Gasteiger partial charge in [-0.2, -0.15) is 0 Å². The Morgan fingerprint density at radius 1 is 0.844 bits per heavy atom. The molecule has 2 amide bonds. The van der Waals surface area contributed by atoms with Gasteiger partial charge in [0.05, 0.1) is 24.3 Å². The van der Waals surface area contributed by atoms with E-state index < -0.39 is 17.8 Å². The van der Waals surface area contributed by atoms with E-state index in [1.807, 2.05) is 13.8 Å². The van der Waals surface area contributed by atoms with Gasteiger partial charge in [0.1, 0.15) is 18.1 Å². The Hall–Kier alpha value is -3.59. The average molecular weight is 444 g/mol. The van der Waals surface area contributed by atoms with Crippen molar-refractivity contribution < 1.29 is 33.3 Å². The second-order valence-corrected chi connectivity index (χ2v) is 6.49. The molecule has 2 rings (SSSR count). The maximum Gasteiger partial charge on any atom is 0.338 e. The van der Waals surface area contributed by atoms with Crippen LogP contribution in [0, 0.1) is 0 Å². The summed E-state index contributed by atoms with van der Waals surface area (Å²) in [6, 6.07) is 12.9. The predicted octanol–water partition coefficient (Wildman–Crippen LogP) is 2.51. The molecule has 0 saturated carbocycles. The Morgan fingerprint density at radius 3 is 2.31 bits per heavy atom. The van der Waals surface area contributed by atoms with Gasteiger partial charge >= 0.3 is 5.97 Å². The third-order valence-corrected chi connectivity index (χ3v) is 4.03. The highest BCUT2D eigenvalue weighted by Gasteiger charge is 2.13. The van der Waals surface area contributed by atoms with Gasteiger partial charge in [0, 0.05) is 6.61 Å². The van der Waals surface area contributed by atoms with Crippen LogP contribution < -0.4 is 20.3 Å². The van der Waals surface area contributed by atoms with Crippen LogP contribution in [0.25, 0.3) is 0 Å². The molecule has 2 aromatic rings. The van der Waals surface area contributed by atoms with E-state index in [0.717, 1.165) is 6.42 Å². The van der Waals surface area contributed by atoms with Crippen LogP contribution in [0.5, 0.6) is 11.5 Å². The van der Waals surface area contributed by atoms with Crippen molar-refractivity contribution in [3.63, 3.8) is 0 Å². The number of hydrogen-bond acceptors (Lipinski definition) is 7. The van der Waals surface area contributed by atoms with Gasteiger partial charge in [-0.1, -0.05) is 19.1 Å². The molecule has 2 aromatic carbocycles. The quantitative estimate of drug-likeness (QED) is 0.294. The summed E-state index contributed by atoms with van der Waals surface area (Å²) in [7, 11) is 0. The number of para-hydroxylation sites is 1. The number of carbonyl (C=O) groups excluding carboxylic acids is 3. The largest absolute Gasteiger partial charge is 0.490 e. The van der Waals surface area contributed by atoms with Crippen LogP contribution in [0.15, 0.2) is 48.5 Å². The lowest BCUT2D eigenvalue weighted by molar-refractivity contribution is -0.123. The Balaban J connectivity index is 1.78. The fourth-order valence-electron chi connectivity index (χ4n) is 2.48. The smallest absolute Gasteiger partial charge is 0.338 e. The van der Waals surface area contributed by atoms with Crippen molar-refractivity contribution in [3.8, 4) is 11.5 Å². The lowest BCUT2D eigenvalue weighted by Gasteiger charge is -2.12. The Bertz CT molecular complexity index is 884. The van der Waals surface area contributed by atoms with Gasteiger partial charge in [-0.15, -0.1) is 0 Å². The molecule has 2 N–H and O–H groups in total. The van der Waals surface area contributed by atoms with E-state index >= 15 is 0 Å². The number of ether oxygens (including phenoxy) is 4. The molecule has 32 heavy (non-hydrogen) atoms. The van der Waals surface area contributed by atoms with Gasteiger partial charge in [0.2, 0.25) is 0 Å². The van der Waals surface area contributed by atoms with Crippen molar-refractivity contribution in [2.75, 3.05) is 33.0 Å². The zero-order chi connectivity index (χ0) is 23.2. The highest BCUT2D eigenvalue weighted by Crippen LogP contribution is 2.17. The first-order valence-corrected chi connectivity index (χ1v) is 10.3. The fourth-order valence-corrected chi connectivity index (χ4v) is 2.48. The molecule has 0 bridgehead atoms. The number of hydrogen-bond donors (Lipinski definition) is 2. The van der Waals surface area contributed by atoms with E-state index in [0.29, 0.717) is 43.5 Å². The Morgan fingerprint density at radius 2 is 1.59 bits per heavy atom. The first-order chi connectivity index (χ1) is 15.5. The minimum absolute atomic E-state index is 0.274. The van der Waals surface area contributed by atoms with E-state index in [1.165, 1.54) is 0 Å². The molecule has 9 heteroatoms. The van der Waals surface area contributed by atoms with Crippen molar-refractivity contribution in [1.82, 2.24) is 10.9 Å². The summed E-state index contributed by atoms with van der Waals surface area (Å²) in [4.78, 5) is 36.2. The van der Waals surface area contributed by atoms with Crippen LogP contribution in [0.2, 0.25) is 0 Å². The molecule has 0 radical (unpaired) electrons. The summed E-state index contributed by atoms with van der Waals surface area (Å²) in [6.07, 6.45) is 0.741. The summed E-state index contributed by atoms with van der Waals surface area (Å²) in [5.74, 6) is -0.722. The van der Waals surface area contributed by atoms with Gasteiger partial charge in [0.15, 0.2) is 6.61 Å². The molecule has 9 nitrogen and oxygen atoms in total. The van der Waals surface area contributed by atoms with E-state index in [2.05, 4.69) is 10.9 Å². The molecule has 0 unspecified atom stereocenters. The lowest BCUT2D eigenvalue weighted by Crippen LogP contribution is -2.43. The van der Waals surface area contributed by atoms with Crippen molar-refractivity contribution in [2.45, 2.75) is 20.3 Å². The highest BCUT2D eigenvalue weighted by molar-refractivity contribution is 5.97. The fraction of sp³-hybridized carbons (Fsp3) is 0.348. The molecular formula is C23H28N2O7. The summed E-state index contributed by atoms with van der Waals surface area (Å²) >= 11 is 0. The van der Waals surface area contributed by atoms with Gasteiger partial charge in [0.25, 0.3) is 11.8 Å². The van der Waals surface area contributed by atoms with Crippen LogP contribution in [-0.4, -0.2) is 50.8 Å². The molecule has 0 fully saturated rings. The number of carbonyl (C=O) groups is 3. The van der Waals surface area contributed by atoms with E-state index in [1.54, 1.807) is 48.5 Å². The van der Waals surface area contributed by atoms with Crippen molar-refractivity contribution in [2.24, 2.45) is 0 Å². The van der Waals surface area contributed by atoms with E-state index in [4.69, 9.17) is 18.9 Å². The SMILES string of the molecule is CCCOC(=O)c1ccc(OCC(=O)NNC(=O)c2ccccc2OCCOCC)cc1. The third kappa shape index (κ3) is 8.27. The minimum Gasteiger partial charge on any atom is -0.490 e. The number of benzene rings is 2. The zero-order valence-electron chi connectivity index (χ0n) is 18.2. The monoisotopic (exact) mass is 444 g/mol. The Labute approximate surface area is 187 Å². The molecule has 0 aliphatic rings. The molecule has 0 saturated heterocycles. The second kappa shape index (κ2) is 13.7. The molecule has 172 valence electrons. The number of hydrazine groups is 1. The maximum absolute atomic E-state index is 12.4. The standard InChI is InChI=1S/C23H28N2O7/c1-3-13-31-23(28)17-9-11-18(12-10-17)32-16-21(26)24-25-22(27)19-7-5-6-8-20(19)30-15-14-29-4-2/h5-12H,3-4,13-16H2,1-2H3,(H,24,26)(H,25,27). The van der Waals surface area contributed by atoms with E-state index in [9.17, 15) is 14.4 Å². The van der Waals surface area contributed by atoms with Crippen LogP contribution >= 0.6 is 0 Å². The minimum atomic E-state index is -0.556. The van der Waals surface area contributed by atoms with Crippen LogP contribution in [0.3, 0.4) is 0 Å². The van der Waals surface area contributed by atoms with Gasteiger partial charge in [-0.05, 0) is 49.7 Å². The predicted molar refractivity (Wildman–Crippen MR) is 117 cm³/mol. The normalized spacial score (nSPS) is 10.2. The number of rotatable bonds is 12. The van der Waals surface area contributed by atoms with Crippen molar-refractivity contribution >= 4 is 17.8 Å². The number of amides is 2. The average Bonchev–Trinajstić information content (AvgIpc) is 2.83. The molecule has 0 aliphatic carbocycles. The molecule has 0 aromatic heterocycles. The van der Waals surface area contributed by atoms with E-state index in [-0.39, 0.29) is 12.2 Å². The zero-order valence-corrected chi connectivity index (χ0v) is 18.2. The summed E-state index contributed by atoms with van der Waals surface area (Å²) in [5.41, 5.74) is 5.29. The molecule has 0 atom stereocenters. The lowest BCUT2D eigenvalue weighted by atomic mass is 10.2. The first-order valence-electron chi connectivity index (χ1n) is 10.3. The number of esters is 1. The molecule has 0 spiro atoms. The third-order valence-electron chi connectivity index (χ3n) is 4.03. The van der Waals surface area contributed by atoms with Crippen molar-refractivity contribution in [1.29, 1.82) is 0 Å². The molecular weight excluding hydrogens is 416 g/mol. The molecule has 0 heterocycles. The van der Waals surface area contributed by atoms with Gasteiger partial charge < -0.3 is 18.9 Å². The maximum atomic E-state index is 12.4. The first kappa shape index (κ1) is 24.7. The topological polar surface area (TPSA) is 112 Å². The summed E-state index contributed by atoms with van der Waals surface area (Å²) in [6.45, 7) is 5.10. The summed E-state index contributed by atoms with van der Waals surface area (Å²) < 4.78 is 21.2. The van der Waals surface area contributed by atoms with Crippen LogP contribution in [-0.2, 0) is 14.3 Å². The second-order valence-electron chi connectivity index (χ2n) is 6.49. The van der Waals surface area contributed by atoms with Gasteiger partial charge in [-0.3, -0.25) is 20.4 Å². The highest BCUT2D eigenvalue weighted by atomic mass is 16.5. The van der Waals surface area contributed by atoms with Gasteiger partial charge in [-0.25, -0.2) is 4.79 Å². The Kier molecular flexibility index (Phi) is 10.5. The number of nitrogens with one attached hydrogen (secondary N) is 2.